The van der Waals surface area contributed by atoms with Gasteiger partial charge in [-0.05, 0) is 36.8 Å². The molecule has 1 aromatic heterocycles. The predicted molar refractivity (Wildman–Crippen MR) is 73.3 cm³/mol. The molecule has 1 saturated carbocycles. The van der Waals surface area contributed by atoms with Gasteiger partial charge in [-0.15, -0.1) is 11.3 Å². The van der Waals surface area contributed by atoms with E-state index in [4.69, 9.17) is 5.73 Å². The molecule has 1 aliphatic rings. The van der Waals surface area contributed by atoms with Crippen LogP contribution < -0.4 is 5.73 Å². The topological polar surface area (TPSA) is 46.2 Å². The summed E-state index contributed by atoms with van der Waals surface area (Å²) in [7, 11) is 0. The van der Waals surface area contributed by atoms with Gasteiger partial charge in [0.05, 0.1) is 11.6 Å². The summed E-state index contributed by atoms with van der Waals surface area (Å²) in [4.78, 5) is 1.27. The van der Waals surface area contributed by atoms with E-state index in [-0.39, 0.29) is 6.04 Å². The fourth-order valence-corrected chi connectivity index (χ4v) is 3.51. The lowest BCUT2D eigenvalue weighted by atomic mass is 9.80. The highest BCUT2D eigenvalue weighted by Gasteiger charge is 2.35. The first-order valence-corrected chi connectivity index (χ1v) is 7.53. The average Bonchev–Trinajstić information content (AvgIpc) is 2.69. The molecular weight excluding hydrogens is 230 g/mol. The number of hydrogen-bond acceptors (Lipinski definition) is 3. The second kappa shape index (κ2) is 5.51. The lowest BCUT2D eigenvalue weighted by molar-refractivity contribution is -0.0108. The molecule has 2 nitrogen and oxygen atoms in total. The van der Waals surface area contributed by atoms with Gasteiger partial charge in [0.2, 0.25) is 0 Å². The van der Waals surface area contributed by atoms with E-state index in [1.807, 2.05) is 0 Å². The van der Waals surface area contributed by atoms with Crippen molar-refractivity contribution < 1.29 is 5.11 Å². The predicted octanol–water partition coefficient (Wildman–Crippen LogP) is 3.53. The van der Waals surface area contributed by atoms with Crippen LogP contribution in [0.5, 0.6) is 0 Å². The number of hydrogen-bond donors (Lipinski definition) is 2. The molecule has 2 rings (SSSR count). The molecule has 0 aliphatic heterocycles. The van der Waals surface area contributed by atoms with Gasteiger partial charge < -0.3 is 10.8 Å². The molecule has 3 N–H and O–H groups in total. The lowest BCUT2D eigenvalue weighted by Crippen LogP contribution is -2.41. The van der Waals surface area contributed by atoms with Crippen molar-refractivity contribution >= 4 is 11.3 Å². The molecule has 1 atom stereocenters. The highest BCUT2D eigenvalue weighted by Crippen LogP contribution is 2.36. The highest BCUT2D eigenvalue weighted by molar-refractivity contribution is 7.10. The third-order valence-electron chi connectivity index (χ3n) is 3.91. The van der Waals surface area contributed by atoms with Gasteiger partial charge >= 0.3 is 0 Å². The van der Waals surface area contributed by atoms with Crippen molar-refractivity contribution in [1.29, 1.82) is 0 Å². The zero-order valence-corrected chi connectivity index (χ0v) is 11.4. The summed E-state index contributed by atoms with van der Waals surface area (Å²) in [5.74, 6) is 0. The van der Waals surface area contributed by atoms with E-state index in [1.54, 1.807) is 11.3 Å². The van der Waals surface area contributed by atoms with Gasteiger partial charge in [-0.25, -0.2) is 0 Å². The summed E-state index contributed by atoms with van der Waals surface area (Å²) in [6.45, 7) is 2.09. The summed E-state index contributed by atoms with van der Waals surface area (Å²) in [6, 6.07) is 1.90. The molecule has 0 aromatic carbocycles. The van der Waals surface area contributed by atoms with Gasteiger partial charge in [0.1, 0.15) is 0 Å². The van der Waals surface area contributed by atoms with E-state index in [0.29, 0.717) is 0 Å². The molecule has 17 heavy (non-hydrogen) atoms. The zero-order chi connectivity index (χ0) is 12.3. The van der Waals surface area contributed by atoms with Crippen LogP contribution in [0.3, 0.4) is 0 Å². The van der Waals surface area contributed by atoms with Gasteiger partial charge in [-0.2, -0.15) is 0 Å². The molecule has 1 unspecified atom stereocenters. The number of aryl methyl sites for hydroxylation is 1. The quantitative estimate of drug-likeness (QED) is 0.847. The Labute approximate surface area is 108 Å². The molecule has 0 bridgehead atoms. The van der Waals surface area contributed by atoms with Crippen molar-refractivity contribution in [3.8, 4) is 0 Å². The van der Waals surface area contributed by atoms with Gasteiger partial charge in [-0.3, -0.25) is 0 Å². The van der Waals surface area contributed by atoms with Crippen molar-refractivity contribution in [3.05, 3.63) is 21.9 Å². The minimum Gasteiger partial charge on any atom is -0.388 e. The third kappa shape index (κ3) is 3.09. The minimum absolute atomic E-state index is 0.217. The average molecular weight is 253 g/mol. The lowest BCUT2D eigenvalue weighted by Gasteiger charge is -2.35. The Morgan fingerprint density at radius 2 is 1.82 bits per heavy atom. The molecule has 0 saturated heterocycles. The standard InChI is InChI=1S/C14H23NOS/c1-11-9-12(10-17-11)13(15)14(16)7-5-3-2-4-6-8-14/h9-10,13,16H,2-8,15H2,1H3. The summed E-state index contributed by atoms with van der Waals surface area (Å²) >= 11 is 1.71. The van der Waals surface area contributed by atoms with Crippen LogP contribution in [-0.4, -0.2) is 10.7 Å². The van der Waals surface area contributed by atoms with Crippen molar-refractivity contribution in [3.63, 3.8) is 0 Å². The molecule has 1 fully saturated rings. The van der Waals surface area contributed by atoms with Crippen molar-refractivity contribution in [2.75, 3.05) is 0 Å². The second-order valence-corrected chi connectivity index (χ2v) is 6.46. The molecule has 0 radical (unpaired) electrons. The molecule has 1 aromatic rings. The van der Waals surface area contributed by atoms with Crippen LogP contribution in [0.1, 0.15) is 61.4 Å². The molecule has 1 heterocycles. The molecular formula is C14H23NOS. The van der Waals surface area contributed by atoms with Crippen LogP contribution in [0.2, 0.25) is 0 Å². The minimum atomic E-state index is -0.687. The van der Waals surface area contributed by atoms with Crippen molar-refractivity contribution in [2.24, 2.45) is 5.73 Å². The zero-order valence-electron chi connectivity index (χ0n) is 10.6. The Morgan fingerprint density at radius 1 is 1.24 bits per heavy atom. The van der Waals surface area contributed by atoms with Crippen LogP contribution in [0.25, 0.3) is 0 Å². The van der Waals surface area contributed by atoms with E-state index in [1.165, 1.54) is 24.1 Å². The van der Waals surface area contributed by atoms with Crippen LogP contribution >= 0.6 is 11.3 Å². The maximum absolute atomic E-state index is 10.8. The molecule has 96 valence electrons. The summed E-state index contributed by atoms with van der Waals surface area (Å²) < 4.78 is 0. The maximum atomic E-state index is 10.8. The molecule has 1 aliphatic carbocycles. The van der Waals surface area contributed by atoms with E-state index < -0.39 is 5.60 Å². The Kier molecular flexibility index (Phi) is 4.23. The molecule has 0 amide bonds. The summed E-state index contributed by atoms with van der Waals surface area (Å²) in [5.41, 5.74) is 6.71. The Bertz CT molecular complexity index is 353. The van der Waals surface area contributed by atoms with E-state index >= 15 is 0 Å². The largest absolute Gasteiger partial charge is 0.388 e. The fraction of sp³-hybridized carbons (Fsp3) is 0.714. The fourth-order valence-electron chi connectivity index (χ4n) is 2.77. The number of aliphatic hydroxyl groups is 1. The van der Waals surface area contributed by atoms with Gasteiger partial charge in [0, 0.05) is 4.88 Å². The first kappa shape index (κ1) is 13.1. The van der Waals surface area contributed by atoms with Crippen molar-refractivity contribution in [2.45, 2.75) is 63.5 Å². The normalized spacial score (nSPS) is 22.8. The number of thiophene rings is 1. The van der Waals surface area contributed by atoms with E-state index in [9.17, 15) is 5.11 Å². The monoisotopic (exact) mass is 253 g/mol. The van der Waals surface area contributed by atoms with Crippen LogP contribution in [0.4, 0.5) is 0 Å². The van der Waals surface area contributed by atoms with Gasteiger partial charge in [0.15, 0.2) is 0 Å². The Hall–Kier alpha value is -0.380. The van der Waals surface area contributed by atoms with E-state index in [0.717, 1.165) is 31.2 Å². The SMILES string of the molecule is Cc1cc(C(N)C2(O)CCCCCCC2)cs1. The summed E-state index contributed by atoms with van der Waals surface area (Å²) in [5, 5.41) is 12.9. The number of nitrogens with two attached hydrogens (primary N) is 1. The van der Waals surface area contributed by atoms with Crippen LogP contribution in [-0.2, 0) is 0 Å². The van der Waals surface area contributed by atoms with Crippen molar-refractivity contribution in [1.82, 2.24) is 0 Å². The Morgan fingerprint density at radius 3 is 2.35 bits per heavy atom. The van der Waals surface area contributed by atoms with E-state index in [2.05, 4.69) is 18.4 Å². The third-order valence-corrected chi connectivity index (χ3v) is 4.79. The Balaban J connectivity index is 2.11. The molecule has 0 spiro atoms. The van der Waals surface area contributed by atoms with Gasteiger partial charge in [0.25, 0.3) is 0 Å². The van der Waals surface area contributed by atoms with Crippen LogP contribution in [0, 0.1) is 6.92 Å². The number of rotatable bonds is 2. The van der Waals surface area contributed by atoms with Gasteiger partial charge in [-0.1, -0.05) is 32.1 Å². The van der Waals surface area contributed by atoms with Crippen LogP contribution in [0.15, 0.2) is 11.4 Å². The highest BCUT2D eigenvalue weighted by atomic mass is 32.1. The maximum Gasteiger partial charge on any atom is 0.0839 e. The second-order valence-electron chi connectivity index (χ2n) is 5.34. The molecule has 3 heteroatoms. The first-order valence-electron chi connectivity index (χ1n) is 6.65. The smallest absolute Gasteiger partial charge is 0.0839 e. The first-order chi connectivity index (χ1) is 8.12. The summed E-state index contributed by atoms with van der Waals surface area (Å²) in [6.07, 6.45) is 7.69.